The minimum Gasteiger partial charge on any atom is -0.341 e. The second kappa shape index (κ2) is 5.59. The van der Waals surface area contributed by atoms with Crippen molar-refractivity contribution in [2.45, 2.75) is 25.2 Å². The lowest BCUT2D eigenvalue weighted by Gasteiger charge is -2.18. The molecule has 116 valence electrons. The molecule has 1 aromatic carbocycles. The molecule has 1 aliphatic rings. The van der Waals surface area contributed by atoms with E-state index in [2.05, 4.69) is 6.92 Å². The number of halogens is 1. The number of amides is 1. The van der Waals surface area contributed by atoms with Crippen molar-refractivity contribution in [2.75, 3.05) is 13.6 Å². The number of nitrogens with zero attached hydrogens (tertiary/aromatic N) is 1. The fraction of sp³-hybridized carbons (Fsp3) is 0.500. The molecular weight excluding hydrogens is 312 g/mol. The molecule has 1 saturated carbocycles. The third-order valence-corrected chi connectivity index (χ3v) is 5.41. The average molecular weight is 331 g/mol. The van der Waals surface area contributed by atoms with E-state index < -0.39 is 10.0 Å². The number of hydrogen-bond acceptors (Lipinski definition) is 3. The summed E-state index contributed by atoms with van der Waals surface area (Å²) in [6.45, 7) is 4.37. The van der Waals surface area contributed by atoms with Crippen molar-refractivity contribution < 1.29 is 13.2 Å². The van der Waals surface area contributed by atoms with Gasteiger partial charge in [0.1, 0.15) is 0 Å². The maximum atomic E-state index is 12.4. The Hall–Kier alpha value is -1.11. The van der Waals surface area contributed by atoms with Crippen LogP contribution in [0.4, 0.5) is 0 Å². The molecule has 5 nitrogen and oxygen atoms in total. The smallest absolute Gasteiger partial charge is 0.253 e. The first-order valence-electron chi connectivity index (χ1n) is 6.69. The fourth-order valence-electron chi connectivity index (χ4n) is 2.38. The zero-order valence-corrected chi connectivity index (χ0v) is 13.8. The van der Waals surface area contributed by atoms with Gasteiger partial charge in [-0.05, 0) is 42.9 Å². The van der Waals surface area contributed by atoms with Gasteiger partial charge < -0.3 is 4.90 Å². The maximum absolute atomic E-state index is 12.4. The molecule has 0 saturated heterocycles. The largest absolute Gasteiger partial charge is 0.341 e. The van der Waals surface area contributed by atoms with Crippen LogP contribution < -0.4 is 5.14 Å². The Morgan fingerprint density at radius 1 is 1.48 bits per heavy atom. The van der Waals surface area contributed by atoms with E-state index in [9.17, 15) is 13.2 Å². The molecule has 0 heterocycles. The Morgan fingerprint density at radius 3 is 2.52 bits per heavy atom. The molecule has 0 radical (unpaired) electrons. The molecule has 2 N–H and O–H groups in total. The Morgan fingerprint density at radius 2 is 2.05 bits per heavy atom. The van der Waals surface area contributed by atoms with E-state index in [1.54, 1.807) is 18.9 Å². The predicted molar refractivity (Wildman–Crippen MR) is 81.8 cm³/mol. The standard InChI is InChI=1S/C14H19ClN2O3S/c1-8-4-11(8)7-17(3)14(18)10-5-12(15)9(2)13(6-10)21(16,19)20/h5-6,8,11H,4,7H2,1-3H3,(H2,16,19,20). The van der Waals surface area contributed by atoms with Crippen LogP contribution in [0.2, 0.25) is 5.02 Å². The summed E-state index contributed by atoms with van der Waals surface area (Å²) >= 11 is 6.02. The number of carbonyl (C=O) groups excluding carboxylic acids is 1. The van der Waals surface area contributed by atoms with Gasteiger partial charge in [-0.25, -0.2) is 13.6 Å². The van der Waals surface area contributed by atoms with Gasteiger partial charge in [0.2, 0.25) is 10.0 Å². The van der Waals surface area contributed by atoms with E-state index in [1.807, 2.05) is 0 Å². The zero-order valence-electron chi connectivity index (χ0n) is 12.3. The SMILES string of the molecule is Cc1c(Cl)cc(C(=O)N(C)CC2CC2C)cc1S(N)(=O)=O. The summed E-state index contributed by atoms with van der Waals surface area (Å²) in [7, 11) is -2.21. The molecule has 0 aromatic heterocycles. The van der Waals surface area contributed by atoms with Crippen molar-refractivity contribution in [2.24, 2.45) is 17.0 Å². The number of primary sulfonamides is 1. The minimum atomic E-state index is -3.91. The van der Waals surface area contributed by atoms with Gasteiger partial charge in [-0.1, -0.05) is 18.5 Å². The molecule has 1 aliphatic carbocycles. The van der Waals surface area contributed by atoms with Crippen molar-refractivity contribution in [1.82, 2.24) is 4.90 Å². The van der Waals surface area contributed by atoms with Crippen LogP contribution >= 0.6 is 11.6 Å². The Bertz CT molecular complexity index is 688. The van der Waals surface area contributed by atoms with Gasteiger partial charge in [-0.2, -0.15) is 0 Å². The number of nitrogens with two attached hydrogens (primary N) is 1. The highest BCUT2D eigenvalue weighted by Gasteiger charge is 2.34. The maximum Gasteiger partial charge on any atom is 0.253 e. The highest BCUT2D eigenvalue weighted by Crippen LogP contribution is 2.38. The van der Waals surface area contributed by atoms with Crippen LogP contribution in [0.3, 0.4) is 0 Å². The molecule has 0 bridgehead atoms. The molecule has 21 heavy (non-hydrogen) atoms. The van der Waals surface area contributed by atoms with E-state index >= 15 is 0 Å². The number of sulfonamides is 1. The number of hydrogen-bond donors (Lipinski definition) is 1. The van der Waals surface area contributed by atoms with E-state index in [1.165, 1.54) is 12.1 Å². The van der Waals surface area contributed by atoms with Gasteiger partial charge in [-0.3, -0.25) is 4.79 Å². The summed E-state index contributed by atoms with van der Waals surface area (Å²) < 4.78 is 23.2. The van der Waals surface area contributed by atoms with Crippen LogP contribution in [0.15, 0.2) is 17.0 Å². The third-order valence-electron chi connectivity index (χ3n) is 3.98. The number of carbonyl (C=O) groups is 1. The number of rotatable bonds is 4. The molecule has 1 fully saturated rings. The Kier molecular flexibility index (Phi) is 4.33. The summed E-state index contributed by atoms with van der Waals surface area (Å²) in [4.78, 5) is 13.9. The van der Waals surface area contributed by atoms with E-state index in [-0.39, 0.29) is 21.4 Å². The quantitative estimate of drug-likeness (QED) is 0.917. The molecule has 1 amide bonds. The minimum absolute atomic E-state index is 0.105. The van der Waals surface area contributed by atoms with Crippen molar-refractivity contribution in [3.63, 3.8) is 0 Å². The molecule has 7 heteroatoms. The second-order valence-corrected chi connectivity index (χ2v) is 7.72. The van der Waals surface area contributed by atoms with Crippen molar-refractivity contribution >= 4 is 27.5 Å². The fourth-order valence-corrected chi connectivity index (χ4v) is 3.48. The normalized spacial score (nSPS) is 21.2. The highest BCUT2D eigenvalue weighted by atomic mass is 35.5. The summed E-state index contributed by atoms with van der Waals surface area (Å²) in [6, 6.07) is 2.78. The molecule has 1 aromatic rings. The topological polar surface area (TPSA) is 80.5 Å². The van der Waals surface area contributed by atoms with E-state index in [4.69, 9.17) is 16.7 Å². The summed E-state index contributed by atoms with van der Waals surface area (Å²) in [5, 5.41) is 5.39. The summed E-state index contributed by atoms with van der Waals surface area (Å²) in [5.41, 5.74) is 0.597. The van der Waals surface area contributed by atoms with Crippen LogP contribution in [0.25, 0.3) is 0 Å². The van der Waals surface area contributed by atoms with Gasteiger partial charge in [0.25, 0.3) is 5.91 Å². The van der Waals surface area contributed by atoms with Gasteiger partial charge in [0.05, 0.1) is 4.90 Å². The molecule has 2 rings (SSSR count). The van der Waals surface area contributed by atoms with Gasteiger partial charge in [0.15, 0.2) is 0 Å². The predicted octanol–water partition coefficient (Wildman–Crippen LogP) is 2.02. The first-order valence-corrected chi connectivity index (χ1v) is 8.62. The van der Waals surface area contributed by atoms with Crippen LogP contribution in [-0.4, -0.2) is 32.8 Å². The summed E-state index contributed by atoms with van der Waals surface area (Å²) in [6.07, 6.45) is 1.12. The third kappa shape index (κ3) is 3.56. The van der Waals surface area contributed by atoms with Crippen LogP contribution in [0.5, 0.6) is 0 Å². The van der Waals surface area contributed by atoms with Crippen LogP contribution in [0.1, 0.15) is 29.3 Å². The van der Waals surface area contributed by atoms with Crippen molar-refractivity contribution in [3.05, 3.63) is 28.3 Å². The lowest BCUT2D eigenvalue weighted by molar-refractivity contribution is 0.0787. The van der Waals surface area contributed by atoms with Crippen LogP contribution in [-0.2, 0) is 10.0 Å². The highest BCUT2D eigenvalue weighted by molar-refractivity contribution is 7.89. The van der Waals surface area contributed by atoms with E-state index in [0.717, 1.165) is 6.42 Å². The molecule has 0 spiro atoms. The monoisotopic (exact) mass is 330 g/mol. The number of benzene rings is 1. The van der Waals surface area contributed by atoms with Gasteiger partial charge >= 0.3 is 0 Å². The zero-order chi connectivity index (χ0) is 15.9. The molecule has 2 atom stereocenters. The molecule has 0 aliphatic heterocycles. The Balaban J connectivity index is 2.31. The van der Waals surface area contributed by atoms with Crippen molar-refractivity contribution in [1.29, 1.82) is 0 Å². The van der Waals surface area contributed by atoms with E-state index in [0.29, 0.717) is 23.9 Å². The molecule has 2 unspecified atom stereocenters. The lowest BCUT2D eigenvalue weighted by atomic mass is 10.1. The average Bonchev–Trinajstić information content (AvgIpc) is 3.05. The first-order chi connectivity index (χ1) is 9.61. The van der Waals surface area contributed by atoms with Gasteiger partial charge in [-0.15, -0.1) is 0 Å². The Labute approximate surface area is 130 Å². The first kappa shape index (κ1) is 16.3. The van der Waals surface area contributed by atoms with Crippen molar-refractivity contribution in [3.8, 4) is 0 Å². The summed E-state index contributed by atoms with van der Waals surface area (Å²) in [5.74, 6) is 0.917. The van der Waals surface area contributed by atoms with Crippen LogP contribution in [0, 0.1) is 18.8 Å². The second-order valence-electron chi connectivity index (χ2n) is 5.78. The lowest BCUT2D eigenvalue weighted by Crippen LogP contribution is -2.29. The molecular formula is C14H19ClN2O3S. The van der Waals surface area contributed by atoms with Gasteiger partial charge in [0, 0.05) is 24.2 Å².